The molecule has 0 spiro atoms. The number of pyridine rings is 1. The third-order valence-corrected chi connectivity index (χ3v) is 5.45. The average molecular weight is 432 g/mol. The van der Waals surface area contributed by atoms with E-state index >= 15 is 0 Å². The maximum atomic E-state index is 14.1. The van der Waals surface area contributed by atoms with Crippen molar-refractivity contribution in [2.75, 3.05) is 31.1 Å². The van der Waals surface area contributed by atoms with Gasteiger partial charge in [-0.05, 0) is 51.3 Å². The SMILES string of the molecule is CCNC(=NCCCCn1c(C)cccc1=O)NC1CCN(c2c(F)cccc2F)C1. The summed E-state index contributed by atoms with van der Waals surface area (Å²) in [6.45, 7) is 7.06. The molecule has 1 unspecified atom stereocenters. The molecule has 2 heterocycles. The summed E-state index contributed by atoms with van der Waals surface area (Å²) in [6, 6.07) is 9.30. The molecule has 0 radical (unpaired) electrons. The minimum absolute atomic E-state index is 0.0237. The van der Waals surface area contributed by atoms with E-state index in [1.165, 1.54) is 18.2 Å². The van der Waals surface area contributed by atoms with E-state index in [2.05, 4.69) is 15.6 Å². The van der Waals surface area contributed by atoms with Crippen molar-refractivity contribution in [3.8, 4) is 0 Å². The number of para-hydroxylation sites is 1. The number of aryl methyl sites for hydroxylation is 1. The number of aromatic nitrogens is 1. The molecule has 3 rings (SSSR count). The highest BCUT2D eigenvalue weighted by molar-refractivity contribution is 5.80. The van der Waals surface area contributed by atoms with Crippen LogP contribution >= 0.6 is 0 Å². The van der Waals surface area contributed by atoms with E-state index in [4.69, 9.17) is 0 Å². The molecular formula is C23H31F2N5O. The molecule has 31 heavy (non-hydrogen) atoms. The van der Waals surface area contributed by atoms with Crippen molar-refractivity contribution in [2.45, 2.75) is 45.7 Å². The second-order valence-electron chi connectivity index (χ2n) is 7.77. The average Bonchev–Trinajstić information content (AvgIpc) is 3.17. The van der Waals surface area contributed by atoms with Crippen LogP contribution in [0, 0.1) is 18.6 Å². The Labute approximate surface area is 182 Å². The predicted octanol–water partition coefficient (Wildman–Crippen LogP) is 3.05. The molecule has 0 saturated carbocycles. The molecule has 1 saturated heterocycles. The van der Waals surface area contributed by atoms with E-state index in [9.17, 15) is 13.6 Å². The lowest BCUT2D eigenvalue weighted by molar-refractivity contribution is 0.575. The Morgan fingerprint density at radius 3 is 2.61 bits per heavy atom. The van der Waals surface area contributed by atoms with E-state index < -0.39 is 11.6 Å². The molecular weight excluding hydrogens is 400 g/mol. The van der Waals surface area contributed by atoms with Crippen LogP contribution in [0.25, 0.3) is 0 Å². The topological polar surface area (TPSA) is 61.7 Å². The highest BCUT2D eigenvalue weighted by Gasteiger charge is 2.27. The molecule has 1 aromatic carbocycles. The maximum Gasteiger partial charge on any atom is 0.250 e. The number of anilines is 1. The summed E-state index contributed by atoms with van der Waals surface area (Å²) in [7, 11) is 0. The van der Waals surface area contributed by atoms with Gasteiger partial charge in [-0.15, -0.1) is 0 Å². The molecule has 1 atom stereocenters. The number of benzene rings is 1. The Kier molecular flexibility index (Phi) is 8.03. The van der Waals surface area contributed by atoms with Crippen LogP contribution in [-0.4, -0.2) is 42.7 Å². The smallest absolute Gasteiger partial charge is 0.250 e. The van der Waals surface area contributed by atoms with Gasteiger partial charge in [0.1, 0.15) is 17.3 Å². The molecule has 6 nitrogen and oxygen atoms in total. The van der Waals surface area contributed by atoms with Crippen molar-refractivity contribution in [1.82, 2.24) is 15.2 Å². The first-order chi connectivity index (χ1) is 15.0. The molecule has 1 aromatic heterocycles. The van der Waals surface area contributed by atoms with Gasteiger partial charge in [0.15, 0.2) is 5.96 Å². The van der Waals surface area contributed by atoms with Gasteiger partial charge in [-0.2, -0.15) is 0 Å². The van der Waals surface area contributed by atoms with Crippen molar-refractivity contribution in [1.29, 1.82) is 0 Å². The summed E-state index contributed by atoms with van der Waals surface area (Å²) in [5.41, 5.74) is 1.03. The molecule has 8 heteroatoms. The minimum atomic E-state index is -0.533. The Balaban J connectivity index is 1.50. The summed E-state index contributed by atoms with van der Waals surface area (Å²) in [4.78, 5) is 18.3. The van der Waals surface area contributed by atoms with Gasteiger partial charge in [-0.25, -0.2) is 8.78 Å². The Morgan fingerprint density at radius 1 is 1.16 bits per heavy atom. The van der Waals surface area contributed by atoms with Crippen molar-refractivity contribution in [3.05, 3.63) is 64.1 Å². The molecule has 0 aliphatic carbocycles. The molecule has 1 aliphatic rings. The standard InChI is InChI=1S/C23H31F2N5O/c1-3-26-23(27-13-4-5-14-30-17(2)8-6-11-21(30)31)28-18-12-15-29(16-18)22-19(24)9-7-10-20(22)25/h6-11,18H,3-5,12-16H2,1-2H3,(H2,26,27,28). The fraction of sp³-hybridized carbons (Fsp3) is 0.478. The summed E-state index contributed by atoms with van der Waals surface area (Å²) < 4.78 is 29.9. The number of hydrogen-bond acceptors (Lipinski definition) is 3. The van der Waals surface area contributed by atoms with Crippen LogP contribution in [0.3, 0.4) is 0 Å². The first-order valence-electron chi connectivity index (χ1n) is 10.9. The van der Waals surface area contributed by atoms with Gasteiger partial charge in [0, 0.05) is 50.5 Å². The fourth-order valence-corrected chi connectivity index (χ4v) is 3.87. The second kappa shape index (κ2) is 10.9. The monoisotopic (exact) mass is 431 g/mol. The Morgan fingerprint density at radius 2 is 1.90 bits per heavy atom. The van der Waals surface area contributed by atoms with E-state index in [1.54, 1.807) is 21.6 Å². The van der Waals surface area contributed by atoms with Gasteiger partial charge >= 0.3 is 0 Å². The number of unbranched alkanes of at least 4 members (excludes halogenated alkanes) is 1. The second-order valence-corrected chi connectivity index (χ2v) is 7.77. The third kappa shape index (κ3) is 6.06. The van der Waals surface area contributed by atoms with E-state index in [0.29, 0.717) is 32.1 Å². The lowest BCUT2D eigenvalue weighted by Gasteiger charge is -2.21. The van der Waals surface area contributed by atoms with Gasteiger partial charge in [0.2, 0.25) is 0 Å². The number of halogens is 2. The molecule has 2 aromatic rings. The van der Waals surface area contributed by atoms with Gasteiger partial charge in [-0.1, -0.05) is 12.1 Å². The number of guanidine groups is 1. The van der Waals surface area contributed by atoms with Gasteiger partial charge < -0.3 is 20.1 Å². The quantitative estimate of drug-likeness (QED) is 0.383. The van der Waals surface area contributed by atoms with Crippen LogP contribution in [0.2, 0.25) is 0 Å². The molecule has 1 fully saturated rings. The van der Waals surface area contributed by atoms with Crippen LogP contribution < -0.4 is 21.1 Å². The molecule has 168 valence electrons. The zero-order valence-electron chi connectivity index (χ0n) is 18.2. The number of rotatable bonds is 8. The molecule has 0 amide bonds. The van der Waals surface area contributed by atoms with E-state index in [1.807, 2.05) is 19.9 Å². The summed E-state index contributed by atoms with van der Waals surface area (Å²) >= 11 is 0. The maximum absolute atomic E-state index is 14.1. The molecule has 0 bridgehead atoms. The molecule has 2 N–H and O–H groups in total. The summed E-state index contributed by atoms with van der Waals surface area (Å²) in [5.74, 6) is -0.362. The van der Waals surface area contributed by atoms with Crippen LogP contribution in [0.1, 0.15) is 31.9 Å². The van der Waals surface area contributed by atoms with E-state index in [0.717, 1.165) is 31.5 Å². The largest absolute Gasteiger partial charge is 0.365 e. The first kappa shape index (κ1) is 22.8. The number of nitrogens with zero attached hydrogens (tertiary/aromatic N) is 3. The van der Waals surface area contributed by atoms with Gasteiger partial charge in [0.25, 0.3) is 5.56 Å². The first-order valence-corrected chi connectivity index (χ1v) is 10.9. The molecule has 1 aliphatic heterocycles. The summed E-state index contributed by atoms with van der Waals surface area (Å²) in [5, 5.41) is 6.61. The van der Waals surface area contributed by atoms with E-state index in [-0.39, 0.29) is 17.3 Å². The van der Waals surface area contributed by atoms with Crippen LogP contribution in [-0.2, 0) is 6.54 Å². The van der Waals surface area contributed by atoms with Crippen molar-refractivity contribution >= 4 is 11.6 Å². The number of nitrogens with one attached hydrogen (secondary N) is 2. The van der Waals surface area contributed by atoms with Crippen molar-refractivity contribution in [3.63, 3.8) is 0 Å². The lowest BCUT2D eigenvalue weighted by atomic mass is 10.2. The van der Waals surface area contributed by atoms with Crippen LogP contribution in [0.5, 0.6) is 0 Å². The predicted molar refractivity (Wildman–Crippen MR) is 121 cm³/mol. The third-order valence-electron chi connectivity index (χ3n) is 5.45. The minimum Gasteiger partial charge on any atom is -0.365 e. The van der Waals surface area contributed by atoms with Crippen molar-refractivity contribution in [2.24, 2.45) is 4.99 Å². The Hall–Kier alpha value is -2.90. The van der Waals surface area contributed by atoms with Crippen LogP contribution in [0.15, 0.2) is 46.2 Å². The number of hydrogen-bond donors (Lipinski definition) is 2. The van der Waals surface area contributed by atoms with Gasteiger partial charge in [-0.3, -0.25) is 9.79 Å². The van der Waals surface area contributed by atoms with Gasteiger partial charge in [0.05, 0.1) is 0 Å². The summed E-state index contributed by atoms with van der Waals surface area (Å²) in [6.07, 6.45) is 2.49. The Bertz CT molecular complexity index is 939. The van der Waals surface area contributed by atoms with Crippen molar-refractivity contribution < 1.29 is 8.78 Å². The fourth-order valence-electron chi connectivity index (χ4n) is 3.87. The number of aliphatic imine (C=N–C) groups is 1. The van der Waals surface area contributed by atoms with Crippen LogP contribution in [0.4, 0.5) is 14.5 Å². The normalized spacial score (nSPS) is 16.6. The highest BCUT2D eigenvalue weighted by atomic mass is 19.1. The highest BCUT2D eigenvalue weighted by Crippen LogP contribution is 2.26. The zero-order valence-corrected chi connectivity index (χ0v) is 18.2. The zero-order chi connectivity index (χ0) is 22.2. The lowest BCUT2D eigenvalue weighted by Crippen LogP contribution is -2.44.